The largest absolute Gasteiger partial charge is 0.346 e. The van der Waals surface area contributed by atoms with Crippen molar-refractivity contribution >= 4 is 23.2 Å². The number of carbonyl (C=O) groups excluding carboxylic acids is 2. The summed E-state index contributed by atoms with van der Waals surface area (Å²) in [5.74, 6) is -3.93. The number of aromatic amines is 1. The van der Waals surface area contributed by atoms with Crippen molar-refractivity contribution in [1.82, 2.24) is 24.4 Å². The van der Waals surface area contributed by atoms with E-state index in [-0.39, 0.29) is 28.5 Å². The summed E-state index contributed by atoms with van der Waals surface area (Å²) in [7, 11) is 0. The van der Waals surface area contributed by atoms with Gasteiger partial charge in [0.1, 0.15) is 23.5 Å². The van der Waals surface area contributed by atoms with Crippen LogP contribution >= 0.6 is 0 Å². The number of halogens is 3. The predicted molar refractivity (Wildman–Crippen MR) is 123 cm³/mol. The second kappa shape index (κ2) is 7.87. The van der Waals surface area contributed by atoms with Crippen molar-refractivity contribution < 1.29 is 22.8 Å². The number of nitrogens with one attached hydrogen (secondary N) is 1. The lowest BCUT2D eigenvalue weighted by molar-refractivity contribution is -0.113. The molecule has 6 rings (SSSR count). The van der Waals surface area contributed by atoms with Crippen molar-refractivity contribution in [3.8, 4) is 16.9 Å². The van der Waals surface area contributed by atoms with Crippen LogP contribution in [0, 0.1) is 5.82 Å². The molecular formula is C25H18F3N5O3. The number of fused-ring (bicyclic) bond motifs is 1. The van der Waals surface area contributed by atoms with E-state index in [0.717, 1.165) is 23.8 Å². The van der Waals surface area contributed by atoms with Gasteiger partial charge < -0.3 is 9.88 Å². The molecule has 0 unspecified atom stereocenters. The van der Waals surface area contributed by atoms with Crippen LogP contribution in [0.15, 0.2) is 47.5 Å². The summed E-state index contributed by atoms with van der Waals surface area (Å²) in [6.45, 7) is -1.45. The van der Waals surface area contributed by atoms with Gasteiger partial charge in [0.15, 0.2) is 6.29 Å². The topological polar surface area (TPSA) is 101 Å². The molecular weight excluding hydrogens is 475 g/mol. The zero-order valence-electron chi connectivity index (χ0n) is 18.7. The summed E-state index contributed by atoms with van der Waals surface area (Å²) in [5.41, 5.74) is 1.66. The highest BCUT2D eigenvalue weighted by atomic mass is 19.3. The quantitative estimate of drug-likeness (QED) is 0.428. The van der Waals surface area contributed by atoms with Crippen molar-refractivity contribution in [2.75, 3.05) is 13.1 Å². The number of aromatic nitrogens is 4. The number of pyridine rings is 1. The minimum Gasteiger partial charge on any atom is -0.346 e. The zero-order chi connectivity index (χ0) is 25.2. The maximum Gasteiger partial charge on any atom is 0.283 e. The summed E-state index contributed by atoms with van der Waals surface area (Å²) in [6, 6.07) is 8.44. The minimum atomic E-state index is -2.96. The maximum absolute atomic E-state index is 14.1. The van der Waals surface area contributed by atoms with E-state index >= 15 is 0 Å². The van der Waals surface area contributed by atoms with Crippen LogP contribution in [0.1, 0.15) is 45.3 Å². The number of H-pyrrole nitrogens is 1. The molecule has 1 aromatic carbocycles. The van der Waals surface area contributed by atoms with Gasteiger partial charge in [-0.1, -0.05) is 6.07 Å². The molecule has 1 aliphatic heterocycles. The number of amides is 1. The van der Waals surface area contributed by atoms with E-state index in [1.54, 1.807) is 12.1 Å². The molecule has 1 aliphatic carbocycles. The molecule has 1 saturated heterocycles. The second-order valence-electron chi connectivity index (χ2n) is 9.14. The smallest absolute Gasteiger partial charge is 0.283 e. The van der Waals surface area contributed by atoms with Crippen molar-refractivity contribution in [2.45, 2.75) is 24.7 Å². The van der Waals surface area contributed by atoms with Gasteiger partial charge in [0, 0.05) is 11.6 Å². The van der Waals surface area contributed by atoms with Gasteiger partial charge in [0.2, 0.25) is 0 Å². The second-order valence-corrected chi connectivity index (χ2v) is 9.14. The van der Waals surface area contributed by atoms with Crippen LogP contribution in [0.25, 0.3) is 28.0 Å². The van der Waals surface area contributed by atoms with E-state index in [0.29, 0.717) is 28.6 Å². The van der Waals surface area contributed by atoms with E-state index in [9.17, 15) is 27.6 Å². The van der Waals surface area contributed by atoms with Gasteiger partial charge in [-0.3, -0.25) is 14.4 Å². The zero-order valence-corrected chi connectivity index (χ0v) is 18.7. The Morgan fingerprint density at radius 3 is 2.61 bits per heavy atom. The molecule has 4 aromatic rings. The summed E-state index contributed by atoms with van der Waals surface area (Å²) < 4.78 is 42.2. The van der Waals surface area contributed by atoms with Crippen LogP contribution < -0.4 is 5.56 Å². The lowest BCUT2D eigenvalue weighted by Gasteiger charge is -2.39. The molecule has 2 fully saturated rings. The van der Waals surface area contributed by atoms with E-state index in [1.807, 2.05) is 0 Å². The fourth-order valence-corrected chi connectivity index (χ4v) is 4.42. The molecule has 1 amide bonds. The molecule has 36 heavy (non-hydrogen) atoms. The number of nitrogens with zero attached hydrogens (tertiary/aromatic N) is 4. The normalized spacial score (nSPS) is 16.7. The van der Waals surface area contributed by atoms with Crippen molar-refractivity contribution in [3.05, 3.63) is 75.8 Å². The van der Waals surface area contributed by atoms with E-state index in [4.69, 9.17) is 0 Å². The molecule has 0 atom stereocenters. The molecule has 0 bridgehead atoms. The fraction of sp³-hybridized carbons (Fsp3) is 0.240. The molecule has 1 N–H and O–H groups in total. The Morgan fingerprint density at radius 2 is 1.92 bits per heavy atom. The SMILES string of the molecule is O=Cc1cc2ncn(-c3cc(-c4ccc(F)cc4C(=O)N4CC(F)(F)C4)cc(C4CC4)n3)c(=O)c2[nH]1. The first-order valence-electron chi connectivity index (χ1n) is 11.3. The molecule has 3 aromatic heterocycles. The summed E-state index contributed by atoms with van der Waals surface area (Å²) in [4.78, 5) is 49.9. The Bertz CT molecular complexity index is 1620. The Hall–Kier alpha value is -4.28. The van der Waals surface area contributed by atoms with Gasteiger partial charge in [-0.25, -0.2) is 27.7 Å². The number of likely N-dealkylation sites (tertiary alicyclic amines) is 1. The van der Waals surface area contributed by atoms with Gasteiger partial charge in [-0.05, 0) is 54.3 Å². The summed E-state index contributed by atoms with van der Waals surface area (Å²) in [5, 5.41) is 0. The number of hydrogen-bond acceptors (Lipinski definition) is 5. The lowest BCUT2D eigenvalue weighted by atomic mass is 9.96. The highest BCUT2D eigenvalue weighted by Crippen LogP contribution is 2.41. The Kier molecular flexibility index (Phi) is 4.85. The Morgan fingerprint density at radius 1 is 1.14 bits per heavy atom. The highest BCUT2D eigenvalue weighted by Gasteiger charge is 2.46. The average Bonchev–Trinajstić information content (AvgIpc) is 3.61. The number of carbonyl (C=O) groups is 2. The number of hydrogen-bond donors (Lipinski definition) is 1. The molecule has 0 spiro atoms. The van der Waals surface area contributed by atoms with Gasteiger partial charge >= 0.3 is 0 Å². The van der Waals surface area contributed by atoms with Crippen LogP contribution in [0.4, 0.5) is 13.2 Å². The van der Waals surface area contributed by atoms with Gasteiger partial charge in [-0.2, -0.15) is 0 Å². The van der Waals surface area contributed by atoms with Crippen LogP contribution in [-0.2, 0) is 0 Å². The molecule has 0 radical (unpaired) electrons. The first-order chi connectivity index (χ1) is 17.2. The Labute approximate surface area is 201 Å². The van der Waals surface area contributed by atoms with Gasteiger partial charge in [0.25, 0.3) is 17.4 Å². The highest BCUT2D eigenvalue weighted by molar-refractivity contribution is 6.01. The number of alkyl halides is 2. The number of rotatable bonds is 5. The third-order valence-corrected chi connectivity index (χ3v) is 6.42. The third-order valence-electron chi connectivity index (χ3n) is 6.42. The lowest BCUT2D eigenvalue weighted by Crippen LogP contribution is -2.58. The minimum absolute atomic E-state index is 0.0506. The Balaban J connectivity index is 1.49. The van der Waals surface area contributed by atoms with Gasteiger partial charge in [-0.15, -0.1) is 0 Å². The van der Waals surface area contributed by atoms with E-state index in [1.165, 1.54) is 29.1 Å². The monoisotopic (exact) mass is 493 g/mol. The van der Waals surface area contributed by atoms with Crippen LogP contribution in [0.5, 0.6) is 0 Å². The van der Waals surface area contributed by atoms with Crippen LogP contribution in [0.2, 0.25) is 0 Å². The summed E-state index contributed by atoms with van der Waals surface area (Å²) in [6.07, 6.45) is 3.68. The summed E-state index contributed by atoms with van der Waals surface area (Å²) >= 11 is 0. The number of aldehydes is 1. The van der Waals surface area contributed by atoms with Crippen LogP contribution in [-0.4, -0.2) is 55.6 Å². The van der Waals surface area contributed by atoms with E-state index < -0.39 is 36.3 Å². The van der Waals surface area contributed by atoms with E-state index in [2.05, 4.69) is 15.0 Å². The van der Waals surface area contributed by atoms with Crippen molar-refractivity contribution in [2.24, 2.45) is 0 Å². The first kappa shape index (κ1) is 22.2. The molecule has 182 valence electrons. The fourth-order valence-electron chi connectivity index (χ4n) is 4.42. The van der Waals surface area contributed by atoms with Crippen molar-refractivity contribution in [1.29, 1.82) is 0 Å². The molecule has 8 nitrogen and oxygen atoms in total. The molecule has 4 heterocycles. The molecule has 1 saturated carbocycles. The molecule has 2 aliphatic rings. The van der Waals surface area contributed by atoms with Crippen LogP contribution in [0.3, 0.4) is 0 Å². The third kappa shape index (κ3) is 3.76. The first-order valence-corrected chi connectivity index (χ1v) is 11.3. The number of benzene rings is 1. The van der Waals surface area contributed by atoms with Crippen molar-refractivity contribution in [3.63, 3.8) is 0 Å². The average molecular weight is 493 g/mol. The van der Waals surface area contributed by atoms with Gasteiger partial charge in [0.05, 0.1) is 29.9 Å². The predicted octanol–water partition coefficient (Wildman–Crippen LogP) is 3.70. The molecule has 11 heteroatoms. The maximum atomic E-state index is 14.1. The standard InChI is InChI=1S/C25H18F3N5O3/c26-15-3-4-17(18(7-15)23(35)32-10-25(27,28)11-32)14-5-19(13-1-2-13)31-21(6-14)33-12-29-20-8-16(9-34)30-22(20)24(33)36/h3-9,12-13,30H,1-2,10-11H2.